The molecule has 60 valence electrons. The Bertz CT molecular complexity index is 125. The second-order valence-electron chi connectivity index (χ2n) is 2.81. The molecular formula is C7H12F2O. The summed E-state index contributed by atoms with van der Waals surface area (Å²) in [4.78, 5) is 0. The van der Waals surface area contributed by atoms with Crippen LogP contribution in [0.1, 0.15) is 20.3 Å². The van der Waals surface area contributed by atoms with Gasteiger partial charge in [-0.25, -0.2) is 8.78 Å². The van der Waals surface area contributed by atoms with E-state index in [1.807, 2.05) is 0 Å². The van der Waals surface area contributed by atoms with Crippen molar-refractivity contribution in [2.75, 3.05) is 6.61 Å². The van der Waals surface area contributed by atoms with Gasteiger partial charge < -0.3 is 4.74 Å². The summed E-state index contributed by atoms with van der Waals surface area (Å²) in [6, 6.07) is 0. The normalized spacial score (nSPS) is 38.4. The molecule has 0 unspecified atom stereocenters. The molecular weight excluding hydrogens is 138 g/mol. The van der Waals surface area contributed by atoms with Gasteiger partial charge in [-0.3, -0.25) is 0 Å². The Morgan fingerprint density at radius 2 is 2.20 bits per heavy atom. The van der Waals surface area contributed by atoms with Gasteiger partial charge in [-0.2, -0.15) is 0 Å². The minimum atomic E-state index is -2.60. The monoisotopic (exact) mass is 150 g/mol. The molecule has 0 spiro atoms. The molecule has 1 saturated heterocycles. The molecule has 0 amide bonds. The Morgan fingerprint density at radius 3 is 2.40 bits per heavy atom. The van der Waals surface area contributed by atoms with Gasteiger partial charge in [0.15, 0.2) is 0 Å². The van der Waals surface area contributed by atoms with E-state index in [4.69, 9.17) is 4.74 Å². The highest BCUT2D eigenvalue weighted by molar-refractivity contribution is 4.87. The first-order valence-electron chi connectivity index (χ1n) is 3.58. The maximum atomic E-state index is 12.9. The second kappa shape index (κ2) is 2.46. The molecule has 0 radical (unpaired) electrons. The van der Waals surface area contributed by atoms with Gasteiger partial charge in [0, 0.05) is 5.92 Å². The third-order valence-corrected chi connectivity index (χ3v) is 2.00. The third-order valence-electron chi connectivity index (χ3n) is 2.00. The molecule has 0 N–H and O–H groups in total. The van der Waals surface area contributed by atoms with Gasteiger partial charge in [0.1, 0.15) is 6.10 Å². The van der Waals surface area contributed by atoms with Crippen LogP contribution in [-0.4, -0.2) is 18.6 Å². The smallest absolute Gasteiger partial charge is 0.278 e. The van der Waals surface area contributed by atoms with Crippen molar-refractivity contribution in [3.63, 3.8) is 0 Å². The predicted octanol–water partition coefficient (Wildman–Crippen LogP) is 2.07. The molecule has 0 aliphatic carbocycles. The van der Waals surface area contributed by atoms with E-state index in [1.54, 1.807) is 6.92 Å². The number of alkyl halides is 2. The van der Waals surface area contributed by atoms with Crippen LogP contribution in [0.5, 0.6) is 0 Å². The van der Waals surface area contributed by atoms with Crippen molar-refractivity contribution >= 4 is 0 Å². The topological polar surface area (TPSA) is 9.23 Å². The summed E-state index contributed by atoms with van der Waals surface area (Å²) in [7, 11) is 0. The molecule has 10 heavy (non-hydrogen) atoms. The van der Waals surface area contributed by atoms with Gasteiger partial charge in [0.2, 0.25) is 0 Å². The lowest BCUT2D eigenvalue weighted by atomic mass is 10.0. The molecule has 1 aliphatic heterocycles. The van der Waals surface area contributed by atoms with E-state index < -0.39 is 17.9 Å². The van der Waals surface area contributed by atoms with E-state index >= 15 is 0 Å². The Morgan fingerprint density at radius 1 is 1.60 bits per heavy atom. The Hall–Kier alpha value is -0.180. The molecule has 0 aromatic rings. The highest BCUT2D eigenvalue weighted by Gasteiger charge is 2.49. The molecule has 0 saturated carbocycles. The zero-order valence-electron chi connectivity index (χ0n) is 6.23. The van der Waals surface area contributed by atoms with Crippen molar-refractivity contribution in [3.8, 4) is 0 Å². The molecule has 3 heteroatoms. The van der Waals surface area contributed by atoms with Crippen LogP contribution in [0, 0.1) is 5.92 Å². The van der Waals surface area contributed by atoms with E-state index in [-0.39, 0.29) is 6.61 Å². The fourth-order valence-electron chi connectivity index (χ4n) is 1.19. The molecule has 1 rings (SSSR count). The molecule has 1 fully saturated rings. The molecule has 2 atom stereocenters. The largest absolute Gasteiger partial charge is 0.371 e. The summed E-state index contributed by atoms with van der Waals surface area (Å²) in [5.74, 6) is -3.22. The zero-order valence-corrected chi connectivity index (χ0v) is 6.23. The summed E-state index contributed by atoms with van der Waals surface area (Å²) >= 11 is 0. The van der Waals surface area contributed by atoms with Crippen LogP contribution in [0.25, 0.3) is 0 Å². The van der Waals surface area contributed by atoms with Gasteiger partial charge in [0.05, 0.1) is 6.61 Å². The third kappa shape index (κ3) is 1.03. The number of halogens is 2. The van der Waals surface area contributed by atoms with E-state index in [2.05, 4.69) is 0 Å². The first-order valence-corrected chi connectivity index (χ1v) is 3.58. The Kier molecular flexibility index (Phi) is 1.95. The van der Waals surface area contributed by atoms with Crippen molar-refractivity contribution in [1.29, 1.82) is 0 Å². The zero-order chi connectivity index (χ0) is 7.78. The van der Waals surface area contributed by atoms with Crippen LogP contribution in [0.4, 0.5) is 8.78 Å². The van der Waals surface area contributed by atoms with E-state index in [1.165, 1.54) is 6.92 Å². The van der Waals surface area contributed by atoms with Gasteiger partial charge >= 0.3 is 0 Å². The van der Waals surface area contributed by atoms with Gasteiger partial charge in [0.25, 0.3) is 5.92 Å². The fourth-order valence-corrected chi connectivity index (χ4v) is 1.19. The summed E-state index contributed by atoms with van der Waals surface area (Å²) in [5.41, 5.74) is 0. The van der Waals surface area contributed by atoms with Crippen molar-refractivity contribution in [2.24, 2.45) is 5.92 Å². The molecule has 0 bridgehead atoms. The Labute approximate surface area is 59.4 Å². The number of rotatable bonds is 1. The molecule has 1 nitrogen and oxygen atoms in total. The standard InChI is InChI=1S/C7H12F2O/c1-3-6-7(8,9)5(2)4-10-6/h5-6H,3-4H2,1-2H3/t5-,6-/m1/s1. The van der Waals surface area contributed by atoms with Crippen LogP contribution in [-0.2, 0) is 4.74 Å². The summed E-state index contributed by atoms with van der Waals surface area (Å²) < 4.78 is 30.6. The van der Waals surface area contributed by atoms with E-state index in [0.717, 1.165) is 0 Å². The molecule has 0 aromatic heterocycles. The number of ether oxygens (including phenoxy) is 1. The van der Waals surface area contributed by atoms with E-state index in [9.17, 15) is 8.78 Å². The van der Waals surface area contributed by atoms with Gasteiger partial charge in [-0.1, -0.05) is 13.8 Å². The van der Waals surface area contributed by atoms with Crippen molar-refractivity contribution < 1.29 is 13.5 Å². The quantitative estimate of drug-likeness (QED) is 0.556. The van der Waals surface area contributed by atoms with Crippen LogP contribution in [0.2, 0.25) is 0 Å². The maximum Gasteiger partial charge on any atom is 0.278 e. The molecule has 1 aliphatic rings. The molecule has 1 heterocycles. The first kappa shape index (κ1) is 7.92. The van der Waals surface area contributed by atoms with Crippen molar-refractivity contribution in [2.45, 2.75) is 32.3 Å². The second-order valence-corrected chi connectivity index (χ2v) is 2.81. The lowest BCUT2D eigenvalue weighted by Crippen LogP contribution is -2.32. The summed E-state index contributed by atoms with van der Waals surface area (Å²) in [5, 5.41) is 0. The highest BCUT2D eigenvalue weighted by atomic mass is 19.3. The van der Waals surface area contributed by atoms with Crippen LogP contribution in [0.15, 0.2) is 0 Å². The van der Waals surface area contributed by atoms with Crippen molar-refractivity contribution in [3.05, 3.63) is 0 Å². The maximum absolute atomic E-state index is 12.9. The van der Waals surface area contributed by atoms with Crippen LogP contribution < -0.4 is 0 Å². The highest BCUT2D eigenvalue weighted by Crippen LogP contribution is 2.37. The Balaban J connectivity index is 2.64. The summed E-state index contributed by atoms with van der Waals surface area (Å²) in [6.07, 6.45) is -0.445. The van der Waals surface area contributed by atoms with Crippen LogP contribution >= 0.6 is 0 Å². The van der Waals surface area contributed by atoms with Gasteiger partial charge in [-0.15, -0.1) is 0 Å². The number of hydrogen-bond acceptors (Lipinski definition) is 1. The average Bonchev–Trinajstić information content (AvgIpc) is 2.10. The SMILES string of the molecule is CC[C@H]1OC[C@@H](C)C1(F)F. The van der Waals surface area contributed by atoms with Crippen LogP contribution in [0.3, 0.4) is 0 Å². The van der Waals surface area contributed by atoms with Crippen molar-refractivity contribution in [1.82, 2.24) is 0 Å². The predicted molar refractivity (Wildman–Crippen MR) is 34.1 cm³/mol. The minimum absolute atomic E-state index is 0.200. The first-order chi connectivity index (χ1) is 4.59. The molecule has 0 aromatic carbocycles. The minimum Gasteiger partial charge on any atom is -0.371 e. The summed E-state index contributed by atoms with van der Waals surface area (Å²) in [6.45, 7) is 3.44. The number of hydrogen-bond donors (Lipinski definition) is 0. The lowest BCUT2D eigenvalue weighted by molar-refractivity contribution is -0.0845. The average molecular weight is 150 g/mol. The lowest BCUT2D eigenvalue weighted by Gasteiger charge is -2.18. The fraction of sp³-hybridized carbons (Fsp3) is 1.00. The van der Waals surface area contributed by atoms with E-state index in [0.29, 0.717) is 6.42 Å². The van der Waals surface area contributed by atoms with Gasteiger partial charge in [-0.05, 0) is 6.42 Å².